The van der Waals surface area contributed by atoms with Gasteiger partial charge in [0.25, 0.3) is 0 Å². The number of nitrogens with zero attached hydrogens (tertiary/aromatic N) is 1. The van der Waals surface area contributed by atoms with E-state index in [0.29, 0.717) is 6.61 Å². The quantitative estimate of drug-likeness (QED) is 0.449. The van der Waals surface area contributed by atoms with Crippen LogP contribution >= 0.6 is 23.2 Å². The van der Waals surface area contributed by atoms with Crippen molar-refractivity contribution in [1.82, 2.24) is 4.90 Å². The van der Waals surface area contributed by atoms with Crippen molar-refractivity contribution in [2.24, 2.45) is 0 Å². The molecule has 0 atom stereocenters. The van der Waals surface area contributed by atoms with E-state index in [-0.39, 0.29) is 5.41 Å². The lowest BCUT2D eigenvalue weighted by Crippen LogP contribution is -2.44. The number of rotatable bonds is 6. The van der Waals surface area contributed by atoms with Gasteiger partial charge in [-0.05, 0) is 73.5 Å². The second kappa shape index (κ2) is 9.21. The molecule has 0 aromatic heterocycles. The van der Waals surface area contributed by atoms with Crippen LogP contribution < -0.4 is 4.74 Å². The maximum Gasteiger partial charge on any atom is 0.119 e. The highest BCUT2D eigenvalue weighted by Gasteiger charge is 2.37. The highest BCUT2D eigenvalue weighted by Crippen LogP contribution is 2.42. The first-order valence-electron chi connectivity index (χ1n) is 10.1. The summed E-state index contributed by atoms with van der Waals surface area (Å²) in [5, 5.41) is 1.55. The number of halogens is 2. The minimum Gasteiger partial charge on any atom is -0.492 e. The van der Waals surface area contributed by atoms with E-state index in [1.807, 2.05) is 54.6 Å². The number of ether oxygens (including phenoxy) is 1. The van der Waals surface area contributed by atoms with Gasteiger partial charge in [0, 0.05) is 22.0 Å². The van der Waals surface area contributed by atoms with Gasteiger partial charge in [-0.25, -0.2) is 0 Å². The lowest BCUT2D eigenvalue weighted by Gasteiger charge is -2.43. The fourth-order valence-corrected chi connectivity index (χ4v) is 4.50. The van der Waals surface area contributed by atoms with Crippen molar-refractivity contribution in [3.63, 3.8) is 0 Å². The van der Waals surface area contributed by atoms with Crippen molar-refractivity contribution in [3.05, 3.63) is 100 Å². The van der Waals surface area contributed by atoms with Gasteiger partial charge in [-0.15, -0.1) is 0 Å². The smallest absolute Gasteiger partial charge is 0.119 e. The molecule has 4 rings (SSSR count). The van der Waals surface area contributed by atoms with Gasteiger partial charge in [-0.2, -0.15) is 0 Å². The first-order chi connectivity index (χ1) is 14.2. The van der Waals surface area contributed by atoms with Crippen LogP contribution in [-0.4, -0.2) is 31.1 Å². The van der Waals surface area contributed by atoms with Crippen LogP contribution in [0.3, 0.4) is 0 Å². The van der Waals surface area contributed by atoms with Gasteiger partial charge in [-0.1, -0.05) is 65.7 Å². The molecule has 0 N–H and O–H groups in total. The Morgan fingerprint density at radius 2 is 1.24 bits per heavy atom. The minimum atomic E-state index is -0.00797. The van der Waals surface area contributed by atoms with Gasteiger partial charge in [0.1, 0.15) is 12.4 Å². The van der Waals surface area contributed by atoms with Crippen LogP contribution in [0.2, 0.25) is 10.0 Å². The van der Waals surface area contributed by atoms with Crippen LogP contribution in [0.15, 0.2) is 78.9 Å². The Balaban J connectivity index is 1.46. The predicted molar refractivity (Wildman–Crippen MR) is 121 cm³/mol. The highest BCUT2D eigenvalue weighted by atomic mass is 35.5. The second-order valence-corrected chi connectivity index (χ2v) is 8.47. The molecule has 0 radical (unpaired) electrons. The summed E-state index contributed by atoms with van der Waals surface area (Å²) in [7, 11) is 0. The normalized spacial score (nSPS) is 16.5. The molecule has 0 unspecified atom stereocenters. The maximum absolute atomic E-state index is 6.15. The molecule has 0 bridgehead atoms. The van der Waals surface area contributed by atoms with E-state index in [4.69, 9.17) is 27.9 Å². The van der Waals surface area contributed by atoms with Gasteiger partial charge >= 0.3 is 0 Å². The Morgan fingerprint density at radius 3 is 1.76 bits per heavy atom. The Morgan fingerprint density at radius 1 is 0.724 bits per heavy atom. The molecule has 1 aliphatic rings. The SMILES string of the molecule is Clc1ccc(C2(c3ccc(Cl)cc3)CCN(CCOc3ccccc3)CC2)cc1. The molecule has 29 heavy (non-hydrogen) atoms. The molecule has 0 aliphatic carbocycles. The summed E-state index contributed by atoms with van der Waals surface area (Å²) in [5.74, 6) is 0.932. The van der Waals surface area contributed by atoms with Gasteiger partial charge < -0.3 is 4.74 Å². The van der Waals surface area contributed by atoms with E-state index in [0.717, 1.165) is 48.3 Å². The number of piperidine rings is 1. The Labute approximate surface area is 183 Å². The van der Waals surface area contributed by atoms with Crippen molar-refractivity contribution in [1.29, 1.82) is 0 Å². The Kier molecular flexibility index (Phi) is 6.44. The lowest BCUT2D eigenvalue weighted by atomic mass is 9.68. The van der Waals surface area contributed by atoms with Crippen molar-refractivity contribution in [2.45, 2.75) is 18.3 Å². The van der Waals surface area contributed by atoms with E-state index >= 15 is 0 Å². The standard InChI is InChI=1S/C25H25Cl2NO/c26-22-10-6-20(7-11-22)25(21-8-12-23(27)13-9-21)14-16-28(17-15-25)18-19-29-24-4-2-1-3-5-24/h1-13H,14-19H2. The topological polar surface area (TPSA) is 12.5 Å². The molecule has 1 fully saturated rings. The van der Waals surface area contributed by atoms with Gasteiger partial charge in [-0.3, -0.25) is 4.90 Å². The zero-order valence-electron chi connectivity index (χ0n) is 16.4. The molecule has 3 aromatic carbocycles. The number of hydrogen-bond acceptors (Lipinski definition) is 2. The molecule has 2 nitrogen and oxygen atoms in total. The first-order valence-corrected chi connectivity index (χ1v) is 10.8. The Bertz CT molecular complexity index is 854. The van der Waals surface area contributed by atoms with Crippen LogP contribution in [0.25, 0.3) is 0 Å². The molecule has 4 heteroatoms. The molecule has 0 saturated carbocycles. The molecule has 1 saturated heterocycles. The van der Waals surface area contributed by atoms with Crippen molar-refractivity contribution in [3.8, 4) is 5.75 Å². The third-order valence-electron chi connectivity index (χ3n) is 5.92. The number of likely N-dealkylation sites (tertiary alicyclic amines) is 1. The molecule has 3 aromatic rings. The third-order valence-corrected chi connectivity index (χ3v) is 6.43. The number of para-hydroxylation sites is 1. The van der Waals surface area contributed by atoms with Gasteiger partial charge in [0.15, 0.2) is 0 Å². The van der Waals surface area contributed by atoms with Gasteiger partial charge in [0.05, 0.1) is 0 Å². The average Bonchev–Trinajstić information content (AvgIpc) is 2.76. The summed E-state index contributed by atoms with van der Waals surface area (Å²) < 4.78 is 5.89. The monoisotopic (exact) mass is 425 g/mol. The second-order valence-electron chi connectivity index (χ2n) is 7.60. The largest absolute Gasteiger partial charge is 0.492 e. The number of benzene rings is 3. The molecular weight excluding hydrogens is 401 g/mol. The summed E-state index contributed by atoms with van der Waals surface area (Å²) >= 11 is 12.3. The zero-order valence-corrected chi connectivity index (χ0v) is 17.9. The molecule has 1 heterocycles. The molecule has 0 amide bonds. The van der Waals surface area contributed by atoms with Crippen LogP contribution in [-0.2, 0) is 5.41 Å². The fraction of sp³-hybridized carbons (Fsp3) is 0.280. The fourth-order valence-electron chi connectivity index (χ4n) is 4.25. The minimum absolute atomic E-state index is 0.00797. The summed E-state index contributed by atoms with van der Waals surface area (Å²) in [4.78, 5) is 2.49. The number of hydrogen-bond donors (Lipinski definition) is 0. The molecule has 150 valence electrons. The summed E-state index contributed by atoms with van der Waals surface area (Å²) in [6.07, 6.45) is 2.11. The van der Waals surface area contributed by atoms with Crippen molar-refractivity contribution >= 4 is 23.2 Å². The summed E-state index contributed by atoms with van der Waals surface area (Å²) in [6, 6.07) is 26.7. The van der Waals surface area contributed by atoms with Crippen molar-refractivity contribution in [2.75, 3.05) is 26.2 Å². The maximum atomic E-state index is 6.15. The van der Waals surface area contributed by atoms with Crippen LogP contribution in [0.1, 0.15) is 24.0 Å². The van der Waals surface area contributed by atoms with E-state index in [1.54, 1.807) is 0 Å². The van der Waals surface area contributed by atoms with Gasteiger partial charge in [0.2, 0.25) is 0 Å². The zero-order chi connectivity index (χ0) is 20.1. The van der Waals surface area contributed by atoms with E-state index < -0.39 is 0 Å². The van der Waals surface area contributed by atoms with Crippen molar-refractivity contribution < 1.29 is 4.74 Å². The predicted octanol–water partition coefficient (Wildman–Crippen LogP) is 6.45. The third kappa shape index (κ3) is 4.78. The summed E-state index contributed by atoms with van der Waals surface area (Å²) in [5.41, 5.74) is 2.64. The van der Waals surface area contributed by atoms with E-state index in [1.165, 1.54) is 11.1 Å². The summed E-state index contributed by atoms with van der Waals surface area (Å²) in [6.45, 7) is 3.71. The Hall–Kier alpha value is -2.00. The van der Waals surface area contributed by atoms with Crippen LogP contribution in [0.5, 0.6) is 5.75 Å². The highest BCUT2D eigenvalue weighted by molar-refractivity contribution is 6.30. The average molecular weight is 426 g/mol. The van der Waals surface area contributed by atoms with Crippen LogP contribution in [0, 0.1) is 0 Å². The van der Waals surface area contributed by atoms with Crippen LogP contribution in [0.4, 0.5) is 0 Å². The lowest BCUT2D eigenvalue weighted by molar-refractivity contribution is 0.151. The molecule has 1 aliphatic heterocycles. The first kappa shape index (κ1) is 20.3. The molecule has 0 spiro atoms. The van der Waals surface area contributed by atoms with E-state index in [2.05, 4.69) is 29.2 Å². The molecular formula is C25H25Cl2NO. The van der Waals surface area contributed by atoms with E-state index in [9.17, 15) is 0 Å².